The van der Waals surface area contributed by atoms with E-state index in [2.05, 4.69) is 5.43 Å². The number of nitrogens with one attached hydrogen (secondary N) is 1. The predicted molar refractivity (Wildman–Crippen MR) is 86.6 cm³/mol. The normalized spacial score (nSPS) is 12.8. The van der Waals surface area contributed by atoms with E-state index in [4.69, 9.17) is 33.5 Å². The van der Waals surface area contributed by atoms with Crippen LogP contribution in [0.4, 0.5) is 0 Å². The molecular weight excluding hydrogens is 307 g/mol. The van der Waals surface area contributed by atoms with Crippen LogP contribution in [0.5, 0.6) is 0 Å². The zero-order valence-corrected chi connectivity index (χ0v) is 12.9. The molecule has 21 heavy (non-hydrogen) atoms. The van der Waals surface area contributed by atoms with Gasteiger partial charge in [-0.1, -0.05) is 41.4 Å². The molecule has 0 saturated carbocycles. The number of halogens is 2. The first-order chi connectivity index (χ1) is 10.1. The van der Waals surface area contributed by atoms with Crippen LogP contribution in [0, 0.1) is 6.92 Å². The highest BCUT2D eigenvalue weighted by Gasteiger charge is 2.19. The summed E-state index contributed by atoms with van der Waals surface area (Å²) < 4.78 is 5.88. The summed E-state index contributed by atoms with van der Waals surface area (Å²) in [5, 5.41) is 2.23. The smallest absolute Gasteiger partial charge is 0.152 e. The zero-order chi connectivity index (χ0) is 15.0. The Morgan fingerprint density at radius 2 is 1.95 bits per heavy atom. The van der Waals surface area contributed by atoms with Crippen LogP contribution in [0.15, 0.2) is 46.9 Å². The van der Waals surface area contributed by atoms with E-state index in [-0.39, 0.29) is 6.04 Å². The Bertz CT molecular complexity index is 798. The summed E-state index contributed by atoms with van der Waals surface area (Å²) in [5.41, 5.74) is 5.51. The van der Waals surface area contributed by atoms with Gasteiger partial charge >= 0.3 is 0 Å². The van der Waals surface area contributed by atoms with Crippen molar-refractivity contribution in [1.82, 2.24) is 5.43 Å². The van der Waals surface area contributed by atoms with Crippen LogP contribution in [-0.2, 0) is 0 Å². The van der Waals surface area contributed by atoms with Gasteiger partial charge < -0.3 is 4.42 Å². The van der Waals surface area contributed by atoms with Gasteiger partial charge in [0.05, 0.1) is 5.02 Å². The van der Waals surface area contributed by atoms with Gasteiger partial charge in [-0.05, 0) is 42.3 Å². The van der Waals surface area contributed by atoms with Crippen molar-refractivity contribution in [3.8, 4) is 0 Å². The van der Waals surface area contributed by atoms with Crippen molar-refractivity contribution < 1.29 is 4.42 Å². The summed E-state index contributed by atoms with van der Waals surface area (Å²) in [6.45, 7) is 1.99. The van der Waals surface area contributed by atoms with Crippen molar-refractivity contribution in [2.24, 2.45) is 5.84 Å². The second-order valence-electron chi connectivity index (χ2n) is 4.91. The lowest BCUT2D eigenvalue weighted by molar-refractivity contribution is 0.476. The number of hydrogen-bond donors (Lipinski definition) is 2. The van der Waals surface area contributed by atoms with Gasteiger partial charge in [0.25, 0.3) is 0 Å². The van der Waals surface area contributed by atoms with E-state index in [0.717, 1.165) is 16.5 Å². The van der Waals surface area contributed by atoms with Gasteiger partial charge in [-0.3, -0.25) is 5.84 Å². The van der Waals surface area contributed by atoms with E-state index < -0.39 is 0 Å². The third kappa shape index (κ3) is 2.65. The van der Waals surface area contributed by atoms with Crippen LogP contribution in [0.25, 0.3) is 11.0 Å². The minimum absolute atomic E-state index is 0.259. The number of hydrazine groups is 1. The fourth-order valence-electron chi connectivity index (χ4n) is 2.48. The third-order valence-electron chi connectivity index (χ3n) is 3.51. The molecule has 3 nitrogen and oxygen atoms in total. The van der Waals surface area contributed by atoms with Crippen molar-refractivity contribution in [1.29, 1.82) is 0 Å². The van der Waals surface area contributed by atoms with Gasteiger partial charge in [-0.2, -0.15) is 0 Å². The lowest BCUT2D eigenvalue weighted by atomic mass is 10.00. The molecule has 0 aliphatic heterocycles. The van der Waals surface area contributed by atoms with Gasteiger partial charge in [-0.25, -0.2) is 5.43 Å². The Morgan fingerprint density at radius 1 is 1.14 bits per heavy atom. The molecule has 0 radical (unpaired) electrons. The third-order valence-corrected chi connectivity index (χ3v) is 4.04. The van der Waals surface area contributed by atoms with Crippen molar-refractivity contribution in [2.45, 2.75) is 13.0 Å². The first-order valence-corrected chi connectivity index (χ1v) is 7.26. The number of hydrogen-bond acceptors (Lipinski definition) is 3. The number of aryl methyl sites for hydroxylation is 1. The average molecular weight is 321 g/mol. The molecule has 0 aliphatic rings. The predicted octanol–water partition coefficient (Wildman–Crippen LogP) is 4.60. The van der Waals surface area contributed by atoms with E-state index >= 15 is 0 Å². The van der Waals surface area contributed by atoms with Gasteiger partial charge in [0.1, 0.15) is 11.8 Å². The molecule has 5 heteroatoms. The average Bonchev–Trinajstić information content (AvgIpc) is 2.87. The first kappa shape index (κ1) is 14.4. The Balaban J connectivity index is 2.11. The van der Waals surface area contributed by atoms with Gasteiger partial charge in [-0.15, -0.1) is 0 Å². The topological polar surface area (TPSA) is 51.2 Å². The monoisotopic (exact) mass is 320 g/mol. The number of furan rings is 1. The Labute approximate surface area is 132 Å². The number of fused-ring (bicyclic) bond motifs is 1. The molecule has 3 rings (SSSR count). The molecule has 0 bridgehead atoms. The molecule has 1 atom stereocenters. The molecule has 1 unspecified atom stereocenters. The SMILES string of the molecule is Cc1cc(Cl)ccc1C(NN)c1cc2cccc(Cl)c2o1. The maximum Gasteiger partial charge on any atom is 0.152 e. The van der Waals surface area contributed by atoms with E-state index in [0.29, 0.717) is 21.4 Å². The Kier molecular flexibility index (Phi) is 3.91. The fourth-order valence-corrected chi connectivity index (χ4v) is 2.92. The molecule has 3 N–H and O–H groups in total. The van der Waals surface area contributed by atoms with E-state index in [1.165, 1.54) is 0 Å². The van der Waals surface area contributed by atoms with Gasteiger partial charge in [0.2, 0.25) is 0 Å². The molecule has 0 fully saturated rings. The highest BCUT2D eigenvalue weighted by molar-refractivity contribution is 6.34. The molecule has 1 heterocycles. The summed E-state index contributed by atoms with van der Waals surface area (Å²) in [6.07, 6.45) is 0. The lowest BCUT2D eigenvalue weighted by Crippen LogP contribution is -2.29. The quantitative estimate of drug-likeness (QED) is 0.547. The minimum Gasteiger partial charge on any atom is -0.457 e. The molecule has 0 aliphatic carbocycles. The fraction of sp³-hybridized carbons (Fsp3) is 0.125. The minimum atomic E-state index is -0.259. The molecule has 1 aromatic heterocycles. The van der Waals surface area contributed by atoms with Crippen molar-refractivity contribution >= 4 is 34.2 Å². The van der Waals surface area contributed by atoms with E-state index in [1.807, 2.05) is 43.3 Å². The maximum atomic E-state index is 6.15. The summed E-state index contributed by atoms with van der Waals surface area (Å²) in [6, 6.07) is 13.0. The highest BCUT2D eigenvalue weighted by Crippen LogP contribution is 2.33. The second kappa shape index (κ2) is 5.70. The van der Waals surface area contributed by atoms with Crippen LogP contribution in [0.3, 0.4) is 0 Å². The van der Waals surface area contributed by atoms with Crippen LogP contribution in [0.2, 0.25) is 10.0 Å². The lowest BCUT2D eigenvalue weighted by Gasteiger charge is -2.16. The molecule has 0 spiro atoms. The van der Waals surface area contributed by atoms with Crippen molar-refractivity contribution in [3.63, 3.8) is 0 Å². The molecule has 0 amide bonds. The number of para-hydroxylation sites is 1. The Hall–Kier alpha value is -1.52. The summed E-state index contributed by atoms with van der Waals surface area (Å²) >= 11 is 12.2. The van der Waals surface area contributed by atoms with Gasteiger partial charge in [0.15, 0.2) is 5.58 Å². The summed E-state index contributed by atoms with van der Waals surface area (Å²) in [7, 11) is 0. The van der Waals surface area contributed by atoms with Crippen LogP contribution >= 0.6 is 23.2 Å². The highest BCUT2D eigenvalue weighted by atomic mass is 35.5. The second-order valence-corrected chi connectivity index (χ2v) is 5.75. The zero-order valence-electron chi connectivity index (χ0n) is 11.4. The molecule has 0 saturated heterocycles. The summed E-state index contributed by atoms with van der Waals surface area (Å²) in [4.78, 5) is 0. The van der Waals surface area contributed by atoms with Crippen molar-refractivity contribution in [3.05, 3.63) is 69.4 Å². The number of rotatable bonds is 3. The van der Waals surface area contributed by atoms with E-state index in [9.17, 15) is 0 Å². The molecule has 2 aromatic carbocycles. The van der Waals surface area contributed by atoms with Gasteiger partial charge in [0, 0.05) is 10.4 Å². The largest absolute Gasteiger partial charge is 0.457 e. The van der Waals surface area contributed by atoms with Crippen molar-refractivity contribution in [2.75, 3.05) is 0 Å². The first-order valence-electron chi connectivity index (χ1n) is 6.50. The molecule has 3 aromatic rings. The number of nitrogens with two attached hydrogens (primary N) is 1. The van der Waals surface area contributed by atoms with Crippen LogP contribution in [-0.4, -0.2) is 0 Å². The van der Waals surface area contributed by atoms with Crippen LogP contribution < -0.4 is 11.3 Å². The number of benzene rings is 2. The maximum absolute atomic E-state index is 6.15. The van der Waals surface area contributed by atoms with E-state index in [1.54, 1.807) is 6.07 Å². The summed E-state index contributed by atoms with van der Waals surface area (Å²) in [5.74, 6) is 6.44. The Morgan fingerprint density at radius 3 is 2.62 bits per heavy atom. The standard InChI is InChI=1S/C16H14Cl2N2O/c1-9-7-11(17)5-6-12(9)15(20-19)14-8-10-3-2-4-13(18)16(10)21-14/h2-8,15,20H,19H2,1H3. The molecule has 108 valence electrons. The molecular formula is C16H14Cl2N2O. The van der Waals surface area contributed by atoms with Crippen LogP contribution in [0.1, 0.15) is 22.9 Å².